The van der Waals surface area contributed by atoms with Crippen molar-refractivity contribution in [1.82, 2.24) is 10.2 Å². The van der Waals surface area contributed by atoms with E-state index in [0.717, 1.165) is 10.9 Å². The van der Waals surface area contributed by atoms with Gasteiger partial charge in [0.25, 0.3) is 0 Å². The molecule has 6 heteroatoms. The highest BCUT2D eigenvalue weighted by atomic mass is 16.4. The van der Waals surface area contributed by atoms with Gasteiger partial charge in [-0.3, -0.25) is 14.7 Å². The fraction of sp³-hybridized carbons (Fsp3) is 0.250. The molecule has 6 nitrogen and oxygen atoms in total. The van der Waals surface area contributed by atoms with Gasteiger partial charge in [-0.15, -0.1) is 0 Å². The normalized spacial score (nSPS) is 21.8. The van der Waals surface area contributed by atoms with Gasteiger partial charge in [-0.25, -0.2) is 0 Å². The first-order valence-corrected chi connectivity index (χ1v) is 5.62. The van der Waals surface area contributed by atoms with Crippen LogP contribution in [0.25, 0.3) is 10.9 Å². The molecule has 1 aliphatic carbocycles. The van der Waals surface area contributed by atoms with Crippen molar-refractivity contribution >= 4 is 28.5 Å². The predicted octanol–water partition coefficient (Wildman–Crippen LogP) is 1.22. The summed E-state index contributed by atoms with van der Waals surface area (Å²) in [5.74, 6) is -2.11. The van der Waals surface area contributed by atoms with Gasteiger partial charge in [-0.05, 0) is 12.5 Å². The lowest BCUT2D eigenvalue weighted by Crippen LogP contribution is -2.17. The van der Waals surface area contributed by atoms with Crippen LogP contribution in [0.3, 0.4) is 0 Å². The van der Waals surface area contributed by atoms with E-state index in [1.54, 1.807) is 12.3 Å². The predicted molar refractivity (Wildman–Crippen MR) is 64.0 cm³/mol. The van der Waals surface area contributed by atoms with Gasteiger partial charge in [0.2, 0.25) is 5.91 Å². The number of fused-ring (bicyclic) bond motifs is 1. The lowest BCUT2D eigenvalue weighted by atomic mass is 10.2. The standard InChI is InChI=1S/C12H11N3O3/c16-11(7-4-8(7)12(17)18)14-9-3-1-2-6-5-13-15-10(6)9/h1-3,5,7-8H,4H2,(H,13,15)(H,14,16)(H,17,18). The maximum Gasteiger partial charge on any atom is 0.307 e. The minimum atomic E-state index is -0.908. The average molecular weight is 245 g/mol. The Bertz CT molecular complexity index is 634. The number of anilines is 1. The van der Waals surface area contributed by atoms with Gasteiger partial charge in [0, 0.05) is 5.39 Å². The number of aliphatic carboxylic acids is 1. The smallest absolute Gasteiger partial charge is 0.307 e. The van der Waals surface area contributed by atoms with Crippen molar-refractivity contribution in [2.75, 3.05) is 5.32 Å². The highest BCUT2D eigenvalue weighted by Gasteiger charge is 2.48. The molecule has 0 spiro atoms. The number of aromatic nitrogens is 2. The summed E-state index contributed by atoms with van der Waals surface area (Å²) >= 11 is 0. The summed E-state index contributed by atoms with van der Waals surface area (Å²) in [6.45, 7) is 0. The number of benzene rings is 1. The second-order valence-electron chi connectivity index (χ2n) is 4.42. The van der Waals surface area contributed by atoms with Crippen LogP contribution in [0.5, 0.6) is 0 Å². The zero-order chi connectivity index (χ0) is 12.7. The van der Waals surface area contributed by atoms with Gasteiger partial charge in [-0.2, -0.15) is 5.10 Å². The Morgan fingerprint density at radius 2 is 2.22 bits per heavy atom. The third-order valence-electron chi connectivity index (χ3n) is 3.18. The van der Waals surface area contributed by atoms with Crippen molar-refractivity contribution in [2.45, 2.75) is 6.42 Å². The van der Waals surface area contributed by atoms with E-state index < -0.39 is 17.8 Å². The molecule has 1 aromatic carbocycles. The molecule has 3 N–H and O–H groups in total. The lowest BCUT2D eigenvalue weighted by Gasteiger charge is -2.05. The third kappa shape index (κ3) is 1.71. The fourth-order valence-electron chi connectivity index (χ4n) is 2.06. The molecular formula is C12H11N3O3. The van der Waals surface area contributed by atoms with Crippen molar-refractivity contribution in [2.24, 2.45) is 11.8 Å². The van der Waals surface area contributed by atoms with Crippen LogP contribution >= 0.6 is 0 Å². The molecule has 1 fully saturated rings. The molecule has 1 aliphatic rings. The van der Waals surface area contributed by atoms with Crippen molar-refractivity contribution in [1.29, 1.82) is 0 Å². The third-order valence-corrected chi connectivity index (χ3v) is 3.18. The van der Waals surface area contributed by atoms with E-state index in [2.05, 4.69) is 15.5 Å². The number of amides is 1. The molecule has 2 atom stereocenters. The number of nitrogens with zero attached hydrogens (tertiary/aromatic N) is 1. The van der Waals surface area contributed by atoms with Crippen LogP contribution in [0.2, 0.25) is 0 Å². The van der Waals surface area contributed by atoms with E-state index in [0.29, 0.717) is 12.1 Å². The summed E-state index contributed by atoms with van der Waals surface area (Å²) in [4.78, 5) is 22.6. The second-order valence-corrected chi connectivity index (χ2v) is 4.42. The zero-order valence-electron chi connectivity index (χ0n) is 9.38. The number of hydrogen-bond acceptors (Lipinski definition) is 3. The Morgan fingerprint density at radius 1 is 1.39 bits per heavy atom. The number of nitrogens with one attached hydrogen (secondary N) is 2. The number of hydrogen-bond donors (Lipinski definition) is 3. The van der Waals surface area contributed by atoms with Crippen LogP contribution in [-0.2, 0) is 9.59 Å². The van der Waals surface area contributed by atoms with Gasteiger partial charge in [-0.1, -0.05) is 12.1 Å². The van der Waals surface area contributed by atoms with E-state index in [4.69, 9.17) is 5.11 Å². The molecule has 18 heavy (non-hydrogen) atoms. The van der Waals surface area contributed by atoms with Crippen molar-refractivity contribution < 1.29 is 14.7 Å². The highest BCUT2D eigenvalue weighted by Crippen LogP contribution is 2.39. The zero-order valence-corrected chi connectivity index (χ0v) is 9.38. The van der Waals surface area contributed by atoms with Crippen LogP contribution in [0.1, 0.15) is 6.42 Å². The molecule has 2 unspecified atom stereocenters. The average Bonchev–Trinajstić information content (AvgIpc) is 3.01. The van der Waals surface area contributed by atoms with Gasteiger partial charge in [0.05, 0.1) is 29.2 Å². The first-order valence-electron chi connectivity index (χ1n) is 5.62. The van der Waals surface area contributed by atoms with Crippen LogP contribution < -0.4 is 5.32 Å². The number of aromatic amines is 1. The SMILES string of the molecule is O=C(O)C1CC1C(=O)Nc1cccc2cn[nH]c12. The number of carboxylic acid groups (broad SMARTS) is 1. The van der Waals surface area contributed by atoms with E-state index in [9.17, 15) is 9.59 Å². The molecular weight excluding hydrogens is 234 g/mol. The molecule has 0 aliphatic heterocycles. The largest absolute Gasteiger partial charge is 0.481 e. The molecule has 2 aromatic rings. The topological polar surface area (TPSA) is 95.1 Å². The van der Waals surface area contributed by atoms with E-state index in [-0.39, 0.29) is 5.91 Å². The van der Waals surface area contributed by atoms with Crippen LogP contribution in [-0.4, -0.2) is 27.2 Å². The Hall–Kier alpha value is -2.37. The van der Waals surface area contributed by atoms with Gasteiger partial charge in [0.1, 0.15) is 0 Å². The molecule has 92 valence electrons. The summed E-state index contributed by atoms with van der Waals surface area (Å²) in [5, 5.41) is 19.1. The van der Waals surface area contributed by atoms with Crippen LogP contribution in [0.15, 0.2) is 24.4 Å². The number of carboxylic acids is 1. The van der Waals surface area contributed by atoms with Crippen molar-refractivity contribution in [3.63, 3.8) is 0 Å². The summed E-state index contributed by atoms with van der Waals surface area (Å²) in [6, 6.07) is 5.46. The summed E-state index contributed by atoms with van der Waals surface area (Å²) in [5.41, 5.74) is 1.38. The maximum absolute atomic E-state index is 11.8. The van der Waals surface area contributed by atoms with Crippen LogP contribution in [0.4, 0.5) is 5.69 Å². The number of para-hydroxylation sites is 1. The Morgan fingerprint density at radius 3 is 2.94 bits per heavy atom. The minimum Gasteiger partial charge on any atom is -0.481 e. The Kier molecular flexibility index (Phi) is 2.29. The second kappa shape index (κ2) is 3.83. The monoisotopic (exact) mass is 245 g/mol. The number of carbonyl (C=O) groups is 2. The quantitative estimate of drug-likeness (QED) is 0.757. The molecule has 1 amide bonds. The van der Waals surface area contributed by atoms with Crippen molar-refractivity contribution in [3.05, 3.63) is 24.4 Å². The fourth-order valence-corrected chi connectivity index (χ4v) is 2.06. The first kappa shape index (κ1) is 10.8. The number of H-pyrrole nitrogens is 1. The van der Waals surface area contributed by atoms with Gasteiger partial charge < -0.3 is 10.4 Å². The number of rotatable bonds is 3. The summed E-state index contributed by atoms with van der Waals surface area (Å²) in [7, 11) is 0. The maximum atomic E-state index is 11.8. The van der Waals surface area contributed by atoms with Crippen molar-refractivity contribution in [3.8, 4) is 0 Å². The first-order chi connectivity index (χ1) is 8.66. The molecule has 0 radical (unpaired) electrons. The molecule has 3 rings (SSSR count). The molecule has 0 saturated heterocycles. The van der Waals surface area contributed by atoms with E-state index in [1.807, 2.05) is 12.1 Å². The lowest BCUT2D eigenvalue weighted by molar-refractivity contribution is -0.139. The van der Waals surface area contributed by atoms with E-state index >= 15 is 0 Å². The minimum absolute atomic E-state index is 0.246. The van der Waals surface area contributed by atoms with Crippen LogP contribution in [0, 0.1) is 11.8 Å². The van der Waals surface area contributed by atoms with Gasteiger partial charge in [0.15, 0.2) is 0 Å². The Labute approximate surface area is 102 Å². The Balaban J connectivity index is 1.79. The molecule has 1 saturated carbocycles. The van der Waals surface area contributed by atoms with E-state index in [1.165, 1.54) is 0 Å². The summed E-state index contributed by atoms with van der Waals surface area (Å²) in [6.07, 6.45) is 2.09. The molecule has 1 aromatic heterocycles. The number of carbonyl (C=O) groups excluding carboxylic acids is 1. The molecule has 0 bridgehead atoms. The molecule has 1 heterocycles. The highest BCUT2D eigenvalue weighted by molar-refractivity contribution is 6.03. The summed E-state index contributed by atoms with van der Waals surface area (Å²) < 4.78 is 0. The van der Waals surface area contributed by atoms with Gasteiger partial charge >= 0.3 is 5.97 Å².